The van der Waals surface area contributed by atoms with Gasteiger partial charge in [0.25, 0.3) is 0 Å². The summed E-state index contributed by atoms with van der Waals surface area (Å²) in [5, 5.41) is 3.75. The first-order chi connectivity index (χ1) is 7.83. The van der Waals surface area contributed by atoms with E-state index < -0.39 is 0 Å². The Morgan fingerprint density at radius 3 is 3.00 bits per heavy atom. The third-order valence-electron chi connectivity index (χ3n) is 4.20. The Kier molecular flexibility index (Phi) is 3.03. The van der Waals surface area contributed by atoms with Gasteiger partial charge in [-0.3, -0.25) is 0 Å². The van der Waals surface area contributed by atoms with Gasteiger partial charge in [0, 0.05) is 22.3 Å². The maximum absolute atomic E-state index is 3.75. The Hall–Kier alpha value is -0.340. The average Bonchev–Trinajstić information content (AvgIpc) is 2.89. The summed E-state index contributed by atoms with van der Waals surface area (Å²) >= 11 is 2.04. The fourth-order valence-corrected chi connectivity index (χ4v) is 4.37. The Labute approximate surface area is 102 Å². The van der Waals surface area contributed by atoms with Gasteiger partial charge in [-0.1, -0.05) is 13.3 Å². The zero-order chi connectivity index (χ0) is 11.0. The predicted octanol–water partition coefficient (Wildman–Crippen LogP) is 3.52. The Bertz CT molecular complexity index is 347. The Balaban J connectivity index is 1.58. The molecule has 0 aliphatic heterocycles. The molecule has 1 aromatic heterocycles. The van der Waals surface area contributed by atoms with Crippen LogP contribution in [0.1, 0.15) is 47.9 Å². The standard InChI is InChI=1S/C14H21NS/c1-10-4-2-6-13(10)15-9-12-8-11-5-3-7-14(11)16-12/h8,10,13,15H,2-7,9H2,1H3. The van der Waals surface area contributed by atoms with Crippen LogP contribution in [0.3, 0.4) is 0 Å². The van der Waals surface area contributed by atoms with Gasteiger partial charge in [0.2, 0.25) is 0 Å². The zero-order valence-electron chi connectivity index (χ0n) is 10.1. The van der Waals surface area contributed by atoms with Gasteiger partial charge < -0.3 is 5.32 Å². The second-order valence-electron chi connectivity index (χ2n) is 5.41. The van der Waals surface area contributed by atoms with Crippen molar-refractivity contribution < 1.29 is 0 Å². The summed E-state index contributed by atoms with van der Waals surface area (Å²) in [4.78, 5) is 3.22. The molecule has 0 amide bonds. The van der Waals surface area contributed by atoms with E-state index in [1.807, 2.05) is 11.3 Å². The SMILES string of the molecule is CC1CCCC1NCc1cc2c(s1)CCC2. The van der Waals surface area contributed by atoms with Crippen molar-refractivity contribution in [3.05, 3.63) is 21.4 Å². The van der Waals surface area contributed by atoms with Crippen LogP contribution in [0.5, 0.6) is 0 Å². The van der Waals surface area contributed by atoms with E-state index in [9.17, 15) is 0 Å². The maximum Gasteiger partial charge on any atom is 0.0302 e. The molecule has 1 heterocycles. The van der Waals surface area contributed by atoms with Crippen LogP contribution >= 0.6 is 11.3 Å². The molecule has 2 aliphatic rings. The molecule has 2 unspecified atom stereocenters. The fraction of sp³-hybridized carbons (Fsp3) is 0.714. The summed E-state index contributed by atoms with van der Waals surface area (Å²) in [6.07, 6.45) is 8.25. The van der Waals surface area contributed by atoms with Gasteiger partial charge >= 0.3 is 0 Å². The van der Waals surface area contributed by atoms with E-state index in [1.54, 1.807) is 15.3 Å². The molecule has 2 heteroatoms. The van der Waals surface area contributed by atoms with Crippen LogP contribution in [0.15, 0.2) is 6.07 Å². The van der Waals surface area contributed by atoms with Gasteiger partial charge in [0.1, 0.15) is 0 Å². The number of nitrogens with one attached hydrogen (secondary N) is 1. The molecular formula is C14H21NS. The molecule has 2 atom stereocenters. The molecule has 88 valence electrons. The predicted molar refractivity (Wildman–Crippen MR) is 70.0 cm³/mol. The highest BCUT2D eigenvalue weighted by atomic mass is 32.1. The highest BCUT2D eigenvalue weighted by molar-refractivity contribution is 7.12. The quantitative estimate of drug-likeness (QED) is 0.845. The molecule has 1 saturated carbocycles. The minimum absolute atomic E-state index is 0.775. The molecular weight excluding hydrogens is 214 g/mol. The van der Waals surface area contributed by atoms with Crippen LogP contribution in [0.4, 0.5) is 0 Å². The van der Waals surface area contributed by atoms with Gasteiger partial charge in [-0.25, -0.2) is 0 Å². The molecule has 16 heavy (non-hydrogen) atoms. The summed E-state index contributed by atoms with van der Waals surface area (Å²) in [7, 11) is 0. The molecule has 1 fully saturated rings. The second kappa shape index (κ2) is 4.50. The van der Waals surface area contributed by atoms with Crippen molar-refractivity contribution in [3.8, 4) is 0 Å². The van der Waals surface area contributed by atoms with E-state index in [-0.39, 0.29) is 0 Å². The lowest BCUT2D eigenvalue weighted by Crippen LogP contribution is -2.30. The molecule has 2 aliphatic carbocycles. The summed E-state index contributed by atoms with van der Waals surface area (Å²) in [5.41, 5.74) is 1.64. The average molecular weight is 235 g/mol. The van der Waals surface area contributed by atoms with E-state index in [1.165, 1.54) is 38.5 Å². The van der Waals surface area contributed by atoms with Crippen molar-refractivity contribution in [3.63, 3.8) is 0 Å². The number of rotatable bonds is 3. The monoisotopic (exact) mass is 235 g/mol. The minimum Gasteiger partial charge on any atom is -0.309 e. The van der Waals surface area contributed by atoms with E-state index in [4.69, 9.17) is 0 Å². The molecule has 3 rings (SSSR count). The van der Waals surface area contributed by atoms with Gasteiger partial charge in [0.15, 0.2) is 0 Å². The lowest BCUT2D eigenvalue weighted by Gasteiger charge is -2.16. The molecule has 1 N–H and O–H groups in total. The topological polar surface area (TPSA) is 12.0 Å². The first-order valence-electron chi connectivity index (χ1n) is 6.67. The first kappa shape index (κ1) is 10.8. The van der Waals surface area contributed by atoms with Crippen LogP contribution in [-0.2, 0) is 19.4 Å². The van der Waals surface area contributed by atoms with Crippen molar-refractivity contribution in [2.45, 2.75) is 58.0 Å². The van der Waals surface area contributed by atoms with E-state index in [0.29, 0.717) is 0 Å². The molecule has 0 saturated heterocycles. The normalized spacial score (nSPS) is 28.6. The molecule has 0 radical (unpaired) electrons. The number of hydrogen-bond donors (Lipinski definition) is 1. The summed E-state index contributed by atoms with van der Waals surface area (Å²) in [6, 6.07) is 3.22. The summed E-state index contributed by atoms with van der Waals surface area (Å²) in [5.74, 6) is 0.881. The molecule has 0 bridgehead atoms. The minimum atomic E-state index is 0.775. The van der Waals surface area contributed by atoms with Crippen molar-refractivity contribution in [1.29, 1.82) is 0 Å². The third kappa shape index (κ3) is 2.05. The van der Waals surface area contributed by atoms with Gasteiger partial charge in [0.05, 0.1) is 0 Å². The zero-order valence-corrected chi connectivity index (χ0v) is 10.9. The van der Waals surface area contributed by atoms with Crippen molar-refractivity contribution in [2.24, 2.45) is 5.92 Å². The van der Waals surface area contributed by atoms with E-state index in [2.05, 4.69) is 18.3 Å². The number of aryl methyl sites for hydroxylation is 2. The van der Waals surface area contributed by atoms with Crippen LogP contribution in [-0.4, -0.2) is 6.04 Å². The highest BCUT2D eigenvalue weighted by Gasteiger charge is 2.23. The van der Waals surface area contributed by atoms with E-state index in [0.717, 1.165) is 18.5 Å². The first-order valence-corrected chi connectivity index (χ1v) is 7.48. The Morgan fingerprint density at radius 2 is 2.25 bits per heavy atom. The van der Waals surface area contributed by atoms with Gasteiger partial charge in [-0.15, -0.1) is 11.3 Å². The maximum atomic E-state index is 3.75. The largest absolute Gasteiger partial charge is 0.309 e. The molecule has 0 aromatic carbocycles. The fourth-order valence-electron chi connectivity index (χ4n) is 3.16. The van der Waals surface area contributed by atoms with Crippen molar-refractivity contribution >= 4 is 11.3 Å². The van der Waals surface area contributed by atoms with Crippen LogP contribution in [0, 0.1) is 5.92 Å². The van der Waals surface area contributed by atoms with Gasteiger partial charge in [-0.05, 0) is 49.7 Å². The van der Waals surface area contributed by atoms with Crippen LogP contribution in [0.2, 0.25) is 0 Å². The molecule has 1 nitrogen and oxygen atoms in total. The number of thiophene rings is 1. The highest BCUT2D eigenvalue weighted by Crippen LogP contribution is 2.31. The summed E-state index contributed by atoms with van der Waals surface area (Å²) < 4.78 is 0. The van der Waals surface area contributed by atoms with E-state index >= 15 is 0 Å². The lowest BCUT2D eigenvalue weighted by atomic mass is 10.1. The van der Waals surface area contributed by atoms with Crippen LogP contribution < -0.4 is 5.32 Å². The second-order valence-corrected chi connectivity index (χ2v) is 6.63. The third-order valence-corrected chi connectivity index (χ3v) is 5.43. The summed E-state index contributed by atoms with van der Waals surface area (Å²) in [6.45, 7) is 3.49. The lowest BCUT2D eigenvalue weighted by molar-refractivity contribution is 0.427. The van der Waals surface area contributed by atoms with Crippen LogP contribution in [0.25, 0.3) is 0 Å². The van der Waals surface area contributed by atoms with Gasteiger partial charge in [-0.2, -0.15) is 0 Å². The smallest absolute Gasteiger partial charge is 0.0302 e. The molecule has 0 spiro atoms. The van der Waals surface area contributed by atoms with Crippen molar-refractivity contribution in [1.82, 2.24) is 5.32 Å². The van der Waals surface area contributed by atoms with Crippen molar-refractivity contribution in [2.75, 3.05) is 0 Å². The Morgan fingerprint density at radius 1 is 1.31 bits per heavy atom. The number of hydrogen-bond acceptors (Lipinski definition) is 2. The number of fused-ring (bicyclic) bond motifs is 1. The molecule has 1 aromatic rings.